The van der Waals surface area contributed by atoms with Crippen LogP contribution in [0.3, 0.4) is 0 Å². The molecule has 0 bridgehead atoms. The highest BCUT2D eigenvalue weighted by atomic mass is 16.5. The zero-order valence-corrected chi connectivity index (χ0v) is 8.99. The Kier molecular flexibility index (Phi) is 2.88. The molecule has 0 aromatic heterocycles. The van der Waals surface area contributed by atoms with E-state index in [0.29, 0.717) is 6.61 Å². The summed E-state index contributed by atoms with van der Waals surface area (Å²) < 4.78 is 10.4. The second kappa shape index (κ2) is 4.32. The van der Waals surface area contributed by atoms with E-state index in [4.69, 9.17) is 9.47 Å². The minimum absolute atomic E-state index is 0.643. The molecule has 0 heterocycles. The quantitative estimate of drug-likeness (QED) is 0.761. The molecule has 0 aliphatic carbocycles. The number of fused-ring (bicyclic) bond motifs is 1. The summed E-state index contributed by atoms with van der Waals surface area (Å²) >= 11 is 0. The molecule has 2 rings (SSSR count). The Hall–Kier alpha value is -1.54. The lowest BCUT2D eigenvalue weighted by Gasteiger charge is -2.07. The van der Waals surface area contributed by atoms with E-state index >= 15 is 0 Å². The van der Waals surface area contributed by atoms with E-state index in [-0.39, 0.29) is 0 Å². The van der Waals surface area contributed by atoms with Crippen LogP contribution in [0.2, 0.25) is 0 Å². The average molecular weight is 202 g/mol. The van der Waals surface area contributed by atoms with Gasteiger partial charge in [-0.2, -0.15) is 0 Å². The van der Waals surface area contributed by atoms with Crippen molar-refractivity contribution in [3.63, 3.8) is 0 Å². The van der Waals surface area contributed by atoms with E-state index < -0.39 is 0 Å². The largest absolute Gasteiger partial charge is 0.497 e. The molecule has 2 heteroatoms. The predicted octanol–water partition coefficient (Wildman–Crippen LogP) is 2.99. The molecule has 2 aromatic rings. The third kappa shape index (κ3) is 1.95. The van der Waals surface area contributed by atoms with Crippen LogP contribution in [0, 0.1) is 0 Å². The Morgan fingerprint density at radius 1 is 1.07 bits per heavy atom. The summed E-state index contributed by atoms with van der Waals surface area (Å²) in [6.07, 6.45) is 0. The number of benzene rings is 2. The van der Waals surface area contributed by atoms with E-state index in [2.05, 4.69) is 18.2 Å². The van der Waals surface area contributed by atoms with Crippen LogP contribution in [0.5, 0.6) is 5.75 Å². The zero-order chi connectivity index (χ0) is 10.7. The highest BCUT2D eigenvalue weighted by molar-refractivity contribution is 5.86. The standard InChI is InChI=1S/C13H14O2/c1-14-9-11-5-3-4-10-8-12(15-2)6-7-13(10)11/h3-8H,9H2,1-2H3. The van der Waals surface area contributed by atoms with Crippen molar-refractivity contribution in [3.05, 3.63) is 42.0 Å². The van der Waals surface area contributed by atoms with Crippen LogP contribution in [0.4, 0.5) is 0 Å². The molecule has 0 saturated heterocycles. The molecular formula is C13H14O2. The lowest BCUT2D eigenvalue weighted by atomic mass is 10.0. The molecule has 0 N–H and O–H groups in total. The molecule has 0 spiro atoms. The van der Waals surface area contributed by atoms with Crippen molar-refractivity contribution in [2.45, 2.75) is 6.61 Å². The van der Waals surface area contributed by atoms with E-state index in [1.54, 1.807) is 14.2 Å². The molecule has 0 saturated carbocycles. The van der Waals surface area contributed by atoms with Gasteiger partial charge in [0.05, 0.1) is 13.7 Å². The molecule has 0 amide bonds. The highest BCUT2D eigenvalue weighted by Crippen LogP contribution is 2.24. The van der Waals surface area contributed by atoms with E-state index in [1.807, 2.05) is 18.2 Å². The van der Waals surface area contributed by atoms with Crippen LogP contribution in [-0.2, 0) is 11.3 Å². The Labute approximate surface area is 89.4 Å². The first-order chi connectivity index (χ1) is 7.35. The van der Waals surface area contributed by atoms with Crippen LogP contribution in [0.1, 0.15) is 5.56 Å². The maximum Gasteiger partial charge on any atom is 0.119 e. The molecule has 2 nitrogen and oxygen atoms in total. The molecular weight excluding hydrogens is 188 g/mol. The summed E-state index contributed by atoms with van der Waals surface area (Å²) in [5, 5.41) is 2.41. The molecule has 0 unspecified atom stereocenters. The van der Waals surface area contributed by atoms with Crippen LogP contribution in [-0.4, -0.2) is 14.2 Å². The smallest absolute Gasteiger partial charge is 0.119 e. The number of hydrogen-bond donors (Lipinski definition) is 0. The van der Waals surface area contributed by atoms with Gasteiger partial charge in [0.15, 0.2) is 0 Å². The maximum absolute atomic E-state index is 5.19. The van der Waals surface area contributed by atoms with Gasteiger partial charge in [0, 0.05) is 7.11 Å². The first-order valence-electron chi connectivity index (χ1n) is 4.89. The van der Waals surface area contributed by atoms with Gasteiger partial charge in [0.25, 0.3) is 0 Å². The van der Waals surface area contributed by atoms with Crippen LogP contribution < -0.4 is 4.74 Å². The second-order valence-electron chi connectivity index (χ2n) is 3.44. The Bertz CT molecular complexity index is 463. The molecule has 0 aliphatic rings. The van der Waals surface area contributed by atoms with E-state index in [9.17, 15) is 0 Å². The topological polar surface area (TPSA) is 18.5 Å². The summed E-state index contributed by atoms with van der Waals surface area (Å²) in [7, 11) is 3.39. The molecule has 15 heavy (non-hydrogen) atoms. The molecule has 0 radical (unpaired) electrons. The van der Waals surface area contributed by atoms with Gasteiger partial charge in [0.2, 0.25) is 0 Å². The van der Waals surface area contributed by atoms with Gasteiger partial charge in [-0.3, -0.25) is 0 Å². The first kappa shape index (κ1) is 9.99. The predicted molar refractivity (Wildman–Crippen MR) is 61.2 cm³/mol. The van der Waals surface area contributed by atoms with Crippen molar-refractivity contribution in [1.82, 2.24) is 0 Å². The van der Waals surface area contributed by atoms with Crippen molar-refractivity contribution in [2.24, 2.45) is 0 Å². The molecule has 0 fully saturated rings. The van der Waals surface area contributed by atoms with Crippen molar-refractivity contribution in [2.75, 3.05) is 14.2 Å². The molecule has 78 valence electrons. The summed E-state index contributed by atoms with van der Waals surface area (Å²) in [4.78, 5) is 0. The number of ether oxygens (including phenoxy) is 2. The van der Waals surface area contributed by atoms with Gasteiger partial charge in [0.1, 0.15) is 5.75 Å². The van der Waals surface area contributed by atoms with Crippen LogP contribution in [0.25, 0.3) is 10.8 Å². The first-order valence-corrected chi connectivity index (χ1v) is 4.89. The van der Waals surface area contributed by atoms with Crippen molar-refractivity contribution >= 4 is 10.8 Å². The average Bonchev–Trinajstić information content (AvgIpc) is 2.29. The van der Waals surface area contributed by atoms with Gasteiger partial charge in [-0.15, -0.1) is 0 Å². The summed E-state index contributed by atoms with van der Waals surface area (Å²) in [6, 6.07) is 12.3. The van der Waals surface area contributed by atoms with Crippen molar-refractivity contribution < 1.29 is 9.47 Å². The lowest BCUT2D eigenvalue weighted by molar-refractivity contribution is 0.186. The summed E-state index contributed by atoms with van der Waals surface area (Å²) in [5.41, 5.74) is 1.21. The fraction of sp³-hybridized carbons (Fsp3) is 0.231. The fourth-order valence-corrected chi connectivity index (χ4v) is 1.74. The lowest BCUT2D eigenvalue weighted by Crippen LogP contribution is -1.89. The van der Waals surface area contributed by atoms with E-state index in [1.165, 1.54) is 16.3 Å². The van der Waals surface area contributed by atoms with Gasteiger partial charge < -0.3 is 9.47 Å². The van der Waals surface area contributed by atoms with Gasteiger partial charge in [-0.25, -0.2) is 0 Å². The molecule has 0 atom stereocenters. The minimum atomic E-state index is 0.643. The van der Waals surface area contributed by atoms with Crippen molar-refractivity contribution in [1.29, 1.82) is 0 Å². The molecule has 0 aliphatic heterocycles. The van der Waals surface area contributed by atoms with Crippen LogP contribution in [0.15, 0.2) is 36.4 Å². The van der Waals surface area contributed by atoms with E-state index in [0.717, 1.165) is 5.75 Å². The third-order valence-electron chi connectivity index (χ3n) is 2.48. The van der Waals surface area contributed by atoms with Gasteiger partial charge in [-0.1, -0.05) is 24.3 Å². The Balaban J connectivity index is 2.56. The Morgan fingerprint density at radius 3 is 2.67 bits per heavy atom. The highest BCUT2D eigenvalue weighted by Gasteiger charge is 2.01. The maximum atomic E-state index is 5.19. The number of hydrogen-bond acceptors (Lipinski definition) is 2. The zero-order valence-electron chi connectivity index (χ0n) is 8.99. The fourth-order valence-electron chi connectivity index (χ4n) is 1.74. The monoisotopic (exact) mass is 202 g/mol. The van der Waals surface area contributed by atoms with Gasteiger partial charge in [-0.05, 0) is 28.5 Å². The SMILES string of the molecule is COCc1cccc2cc(OC)ccc12. The second-order valence-corrected chi connectivity index (χ2v) is 3.44. The molecule has 2 aromatic carbocycles. The van der Waals surface area contributed by atoms with Crippen molar-refractivity contribution in [3.8, 4) is 5.75 Å². The normalized spacial score (nSPS) is 10.5. The summed E-state index contributed by atoms with van der Waals surface area (Å²) in [6.45, 7) is 0.643. The minimum Gasteiger partial charge on any atom is -0.497 e. The number of rotatable bonds is 3. The summed E-state index contributed by atoms with van der Waals surface area (Å²) in [5.74, 6) is 0.886. The van der Waals surface area contributed by atoms with Gasteiger partial charge >= 0.3 is 0 Å². The number of methoxy groups -OCH3 is 2. The third-order valence-corrected chi connectivity index (χ3v) is 2.48. The van der Waals surface area contributed by atoms with Crippen LogP contribution >= 0.6 is 0 Å². The Morgan fingerprint density at radius 2 is 1.93 bits per heavy atom.